The first-order valence-electron chi connectivity index (χ1n) is 3.63. The van der Waals surface area contributed by atoms with Gasteiger partial charge in [0.15, 0.2) is 0 Å². The van der Waals surface area contributed by atoms with Crippen molar-refractivity contribution in [2.24, 2.45) is 0 Å². The molecular formula is C8H8BrF2NO. The van der Waals surface area contributed by atoms with Gasteiger partial charge in [0.05, 0.1) is 5.56 Å². The minimum absolute atomic E-state index is 0.456. The Morgan fingerprint density at radius 2 is 2.23 bits per heavy atom. The van der Waals surface area contributed by atoms with Crippen molar-refractivity contribution >= 4 is 15.9 Å². The zero-order chi connectivity index (χ0) is 10.0. The summed E-state index contributed by atoms with van der Waals surface area (Å²) in [7, 11) is 0. The molecule has 1 aromatic rings. The summed E-state index contributed by atoms with van der Waals surface area (Å²) in [6.45, 7) is 1.68. The van der Waals surface area contributed by atoms with E-state index < -0.39 is 17.5 Å². The molecule has 13 heavy (non-hydrogen) atoms. The van der Waals surface area contributed by atoms with Crippen LogP contribution >= 0.6 is 15.9 Å². The molecule has 0 aliphatic carbocycles. The van der Waals surface area contributed by atoms with Crippen LogP contribution in [0.4, 0.5) is 8.78 Å². The molecule has 0 amide bonds. The second-order valence-corrected chi connectivity index (χ2v) is 3.21. The van der Waals surface area contributed by atoms with E-state index >= 15 is 0 Å². The van der Waals surface area contributed by atoms with Crippen molar-refractivity contribution in [1.29, 1.82) is 0 Å². The normalized spacial score (nSPS) is 10.8. The lowest BCUT2D eigenvalue weighted by Gasteiger charge is -2.04. The molecule has 0 aromatic carbocycles. The van der Waals surface area contributed by atoms with Crippen molar-refractivity contribution in [2.45, 2.75) is 18.7 Å². The average molecular weight is 252 g/mol. The number of aryl methyl sites for hydroxylation is 1. The third-order valence-corrected chi connectivity index (χ3v) is 2.30. The molecule has 0 unspecified atom stereocenters. The van der Waals surface area contributed by atoms with Gasteiger partial charge in [0.1, 0.15) is 0 Å². The van der Waals surface area contributed by atoms with Crippen molar-refractivity contribution < 1.29 is 8.78 Å². The van der Waals surface area contributed by atoms with Crippen LogP contribution in [0, 0.1) is 6.92 Å². The Hall–Kier alpha value is -0.710. The highest BCUT2D eigenvalue weighted by molar-refractivity contribution is 9.08. The monoisotopic (exact) mass is 251 g/mol. The number of hydrogen-bond donors (Lipinski definition) is 1. The number of aromatic amines is 1. The van der Waals surface area contributed by atoms with Crippen molar-refractivity contribution in [3.8, 4) is 0 Å². The second-order valence-electron chi connectivity index (χ2n) is 2.65. The number of alkyl halides is 3. The van der Waals surface area contributed by atoms with Crippen molar-refractivity contribution in [1.82, 2.24) is 4.98 Å². The Morgan fingerprint density at radius 1 is 1.62 bits per heavy atom. The van der Waals surface area contributed by atoms with E-state index in [0.717, 1.165) is 0 Å². The van der Waals surface area contributed by atoms with Gasteiger partial charge in [-0.15, -0.1) is 0 Å². The Bertz CT molecular complexity index is 362. The van der Waals surface area contributed by atoms with Gasteiger partial charge in [0.25, 0.3) is 12.0 Å². The second kappa shape index (κ2) is 4.00. The fraction of sp³-hybridized carbons (Fsp3) is 0.375. The molecule has 1 aromatic heterocycles. The highest BCUT2D eigenvalue weighted by atomic mass is 79.9. The van der Waals surface area contributed by atoms with Crippen molar-refractivity contribution in [2.75, 3.05) is 0 Å². The van der Waals surface area contributed by atoms with E-state index in [1.54, 1.807) is 6.92 Å². The third-order valence-electron chi connectivity index (χ3n) is 1.74. The summed E-state index contributed by atoms with van der Waals surface area (Å²) >= 11 is 3.15. The maximum Gasteiger partial charge on any atom is 0.269 e. The molecule has 1 heterocycles. The van der Waals surface area contributed by atoms with Crippen molar-refractivity contribution in [3.63, 3.8) is 0 Å². The molecule has 0 aliphatic heterocycles. The van der Waals surface area contributed by atoms with Gasteiger partial charge in [-0.25, -0.2) is 8.78 Å². The predicted octanol–water partition coefficient (Wildman–Crippen LogP) is 2.52. The SMILES string of the molecule is Cc1cc(C(F)F)c(=O)[nH]c1CBr. The number of aromatic nitrogens is 1. The Morgan fingerprint density at radius 3 is 2.69 bits per heavy atom. The highest BCUT2D eigenvalue weighted by Crippen LogP contribution is 2.17. The summed E-state index contributed by atoms with van der Waals surface area (Å²) in [6.07, 6.45) is -2.72. The number of pyridine rings is 1. The lowest BCUT2D eigenvalue weighted by atomic mass is 10.1. The van der Waals surface area contributed by atoms with Gasteiger partial charge < -0.3 is 4.98 Å². The topological polar surface area (TPSA) is 32.9 Å². The largest absolute Gasteiger partial charge is 0.325 e. The first-order valence-corrected chi connectivity index (χ1v) is 4.75. The smallest absolute Gasteiger partial charge is 0.269 e. The molecule has 0 saturated heterocycles. The lowest BCUT2D eigenvalue weighted by Crippen LogP contribution is -2.15. The fourth-order valence-electron chi connectivity index (χ4n) is 0.995. The molecule has 0 saturated carbocycles. The van der Waals surface area contributed by atoms with E-state index in [0.29, 0.717) is 16.6 Å². The molecule has 0 bridgehead atoms. The summed E-state index contributed by atoms with van der Waals surface area (Å²) < 4.78 is 24.4. The van der Waals surface area contributed by atoms with Crippen LogP contribution in [0.15, 0.2) is 10.9 Å². The number of hydrogen-bond acceptors (Lipinski definition) is 1. The zero-order valence-corrected chi connectivity index (χ0v) is 8.49. The molecular weight excluding hydrogens is 244 g/mol. The Labute approximate surface area is 82.1 Å². The molecule has 0 radical (unpaired) electrons. The van der Waals surface area contributed by atoms with Gasteiger partial charge in [-0.1, -0.05) is 15.9 Å². The predicted molar refractivity (Wildman–Crippen MR) is 49.4 cm³/mol. The molecule has 1 N–H and O–H groups in total. The molecule has 0 fully saturated rings. The van der Waals surface area contributed by atoms with Gasteiger partial charge in [0, 0.05) is 11.0 Å². The summed E-state index contributed by atoms with van der Waals surface area (Å²) in [5, 5.41) is 0.456. The van der Waals surface area contributed by atoms with Gasteiger partial charge in [-0.05, 0) is 18.6 Å². The van der Waals surface area contributed by atoms with E-state index in [2.05, 4.69) is 20.9 Å². The minimum atomic E-state index is -2.72. The van der Waals surface area contributed by atoms with Crippen LogP contribution in [0.2, 0.25) is 0 Å². The summed E-state index contributed by atoms with van der Waals surface area (Å²) in [5.74, 6) is 0. The lowest BCUT2D eigenvalue weighted by molar-refractivity contribution is 0.149. The van der Waals surface area contributed by atoms with Crippen LogP contribution in [0.25, 0.3) is 0 Å². The fourth-order valence-corrected chi connectivity index (χ4v) is 1.58. The van der Waals surface area contributed by atoms with Gasteiger partial charge in [-0.3, -0.25) is 4.79 Å². The van der Waals surface area contributed by atoms with Gasteiger partial charge in [0.2, 0.25) is 0 Å². The minimum Gasteiger partial charge on any atom is -0.325 e. The highest BCUT2D eigenvalue weighted by Gasteiger charge is 2.13. The molecule has 1 rings (SSSR count). The molecule has 0 spiro atoms. The molecule has 0 aliphatic rings. The van der Waals surface area contributed by atoms with E-state index in [-0.39, 0.29) is 0 Å². The van der Waals surface area contributed by atoms with Crippen LogP contribution < -0.4 is 5.56 Å². The Kier molecular flexibility index (Phi) is 3.19. The van der Waals surface area contributed by atoms with Crippen LogP contribution in [0.5, 0.6) is 0 Å². The maximum atomic E-state index is 12.2. The Balaban J connectivity index is 3.29. The zero-order valence-electron chi connectivity index (χ0n) is 6.90. The number of H-pyrrole nitrogens is 1. The van der Waals surface area contributed by atoms with Crippen LogP contribution in [-0.2, 0) is 5.33 Å². The van der Waals surface area contributed by atoms with E-state index in [1.165, 1.54) is 6.07 Å². The van der Waals surface area contributed by atoms with Gasteiger partial charge >= 0.3 is 0 Å². The van der Waals surface area contributed by atoms with Crippen LogP contribution in [0.1, 0.15) is 23.2 Å². The number of rotatable bonds is 2. The standard InChI is InChI=1S/C8H8BrF2NO/c1-4-2-5(7(10)11)8(13)12-6(4)3-9/h2,7H,3H2,1H3,(H,12,13). The summed E-state index contributed by atoms with van der Waals surface area (Å²) in [6, 6.07) is 1.22. The maximum absolute atomic E-state index is 12.2. The number of halogens is 3. The van der Waals surface area contributed by atoms with E-state index in [9.17, 15) is 13.6 Å². The molecule has 5 heteroatoms. The summed E-state index contributed by atoms with van der Waals surface area (Å²) in [4.78, 5) is 13.4. The summed E-state index contributed by atoms with van der Waals surface area (Å²) in [5.41, 5.74) is 0.110. The first kappa shape index (κ1) is 10.4. The quantitative estimate of drug-likeness (QED) is 0.806. The van der Waals surface area contributed by atoms with Crippen molar-refractivity contribution in [3.05, 3.63) is 33.2 Å². The van der Waals surface area contributed by atoms with E-state index in [4.69, 9.17) is 0 Å². The number of nitrogens with one attached hydrogen (secondary N) is 1. The van der Waals surface area contributed by atoms with Crippen LogP contribution in [-0.4, -0.2) is 4.98 Å². The van der Waals surface area contributed by atoms with E-state index in [1.807, 2.05) is 0 Å². The van der Waals surface area contributed by atoms with Crippen LogP contribution in [0.3, 0.4) is 0 Å². The molecule has 2 nitrogen and oxygen atoms in total. The third kappa shape index (κ3) is 2.15. The first-order chi connectivity index (χ1) is 6.06. The average Bonchev–Trinajstić information content (AvgIpc) is 2.07. The molecule has 0 atom stereocenters. The molecule has 72 valence electrons. The van der Waals surface area contributed by atoms with Gasteiger partial charge in [-0.2, -0.15) is 0 Å².